The van der Waals surface area contributed by atoms with Gasteiger partial charge < -0.3 is 14.5 Å². The highest BCUT2D eigenvalue weighted by molar-refractivity contribution is 8.00. The van der Waals surface area contributed by atoms with E-state index in [2.05, 4.69) is 13.8 Å². The Hall–Kier alpha value is -0.420. The number of thioether (sulfide) groups is 1. The molecule has 0 N–H and O–H groups in total. The van der Waals surface area contributed by atoms with Gasteiger partial charge in [-0.25, -0.2) is 4.79 Å². The quantitative estimate of drug-likeness (QED) is 0.643. The molecule has 2 aliphatic rings. The molecule has 2 fully saturated rings. The third-order valence-corrected chi connectivity index (χ3v) is 4.20. The number of nitrogens with zero attached hydrogens (tertiary/aromatic N) is 2. The maximum absolute atomic E-state index is 12.2. The molecular weight excluding hydrogens is 224 g/mol. The molecule has 2 amide bonds. The maximum atomic E-state index is 12.2. The van der Waals surface area contributed by atoms with E-state index >= 15 is 0 Å². The number of carbonyl (C=O) groups excluding carboxylic acids is 1. The Morgan fingerprint density at radius 3 is 2.25 bits per heavy atom. The SMILES string of the molecule is CC1CN(C(=O)N2CCOCC2)CC(C)S1. The molecular formula is C11H20N2O2S. The van der Waals surface area contributed by atoms with Crippen LogP contribution in [0.25, 0.3) is 0 Å². The van der Waals surface area contributed by atoms with Crippen molar-refractivity contribution in [2.24, 2.45) is 0 Å². The van der Waals surface area contributed by atoms with Crippen LogP contribution < -0.4 is 0 Å². The van der Waals surface area contributed by atoms with E-state index in [9.17, 15) is 4.79 Å². The van der Waals surface area contributed by atoms with E-state index in [-0.39, 0.29) is 6.03 Å². The van der Waals surface area contributed by atoms with Crippen molar-refractivity contribution >= 4 is 17.8 Å². The minimum atomic E-state index is 0.197. The summed E-state index contributed by atoms with van der Waals surface area (Å²) in [4.78, 5) is 16.1. The summed E-state index contributed by atoms with van der Waals surface area (Å²) in [6.45, 7) is 8.99. The number of amides is 2. The molecule has 2 heterocycles. The van der Waals surface area contributed by atoms with Crippen LogP contribution in [0.1, 0.15) is 13.8 Å². The molecule has 16 heavy (non-hydrogen) atoms. The maximum Gasteiger partial charge on any atom is 0.320 e. The Morgan fingerprint density at radius 2 is 1.69 bits per heavy atom. The number of carbonyl (C=O) groups is 1. The lowest BCUT2D eigenvalue weighted by molar-refractivity contribution is 0.0432. The van der Waals surface area contributed by atoms with Crippen LogP contribution in [0.5, 0.6) is 0 Å². The fourth-order valence-corrected chi connectivity index (χ4v) is 3.61. The van der Waals surface area contributed by atoms with E-state index in [1.807, 2.05) is 21.6 Å². The molecule has 0 radical (unpaired) electrons. The highest BCUT2D eigenvalue weighted by atomic mass is 32.2. The van der Waals surface area contributed by atoms with Crippen molar-refractivity contribution in [3.05, 3.63) is 0 Å². The molecule has 0 aromatic heterocycles. The predicted molar refractivity (Wildman–Crippen MR) is 65.9 cm³/mol. The van der Waals surface area contributed by atoms with Gasteiger partial charge in [0.25, 0.3) is 0 Å². The van der Waals surface area contributed by atoms with Crippen molar-refractivity contribution in [3.63, 3.8) is 0 Å². The van der Waals surface area contributed by atoms with Gasteiger partial charge in [-0.2, -0.15) is 11.8 Å². The summed E-state index contributed by atoms with van der Waals surface area (Å²) in [7, 11) is 0. The first kappa shape index (κ1) is 12.0. The van der Waals surface area contributed by atoms with Crippen LogP contribution in [0, 0.1) is 0 Å². The minimum absolute atomic E-state index is 0.197. The molecule has 0 aliphatic carbocycles. The van der Waals surface area contributed by atoms with Gasteiger partial charge in [-0.3, -0.25) is 0 Å². The number of ether oxygens (including phenoxy) is 1. The van der Waals surface area contributed by atoms with Gasteiger partial charge in [-0.15, -0.1) is 0 Å². The topological polar surface area (TPSA) is 32.8 Å². The fraction of sp³-hybridized carbons (Fsp3) is 0.909. The molecule has 5 heteroatoms. The summed E-state index contributed by atoms with van der Waals surface area (Å²) >= 11 is 1.97. The molecule has 2 saturated heterocycles. The Bertz CT molecular complexity index is 246. The molecule has 0 aromatic rings. The van der Waals surface area contributed by atoms with Crippen molar-refractivity contribution in [2.75, 3.05) is 39.4 Å². The van der Waals surface area contributed by atoms with Crippen LogP contribution in [0.2, 0.25) is 0 Å². The van der Waals surface area contributed by atoms with Crippen molar-refractivity contribution in [3.8, 4) is 0 Å². The van der Waals surface area contributed by atoms with Gasteiger partial charge in [0.15, 0.2) is 0 Å². The molecule has 2 aliphatic heterocycles. The molecule has 0 saturated carbocycles. The minimum Gasteiger partial charge on any atom is -0.378 e. The summed E-state index contributed by atoms with van der Waals surface area (Å²) in [6.07, 6.45) is 0. The molecule has 4 nitrogen and oxygen atoms in total. The second-order valence-electron chi connectivity index (χ2n) is 4.54. The van der Waals surface area contributed by atoms with Gasteiger partial charge in [0.2, 0.25) is 0 Å². The first-order valence-electron chi connectivity index (χ1n) is 5.94. The Kier molecular flexibility index (Phi) is 3.97. The summed E-state index contributed by atoms with van der Waals surface area (Å²) in [5.74, 6) is 0. The van der Waals surface area contributed by atoms with E-state index in [0.29, 0.717) is 23.7 Å². The highest BCUT2D eigenvalue weighted by Crippen LogP contribution is 2.25. The average Bonchev–Trinajstić information content (AvgIpc) is 2.28. The lowest BCUT2D eigenvalue weighted by atomic mass is 10.3. The lowest BCUT2D eigenvalue weighted by Crippen LogP contribution is -2.52. The molecule has 92 valence electrons. The van der Waals surface area contributed by atoms with Crippen molar-refractivity contribution in [2.45, 2.75) is 24.3 Å². The van der Waals surface area contributed by atoms with Crippen molar-refractivity contribution in [1.82, 2.24) is 9.80 Å². The molecule has 0 spiro atoms. The zero-order valence-electron chi connectivity index (χ0n) is 10.0. The fourth-order valence-electron chi connectivity index (χ4n) is 2.29. The van der Waals surface area contributed by atoms with Crippen LogP contribution in [0.15, 0.2) is 0 Å². The first-order valence-corrected chi connectivity index (χ1v) is 6.88. The van der Waals surface area contributed by atoms with Crippen LogP contribution in [-0.2, 0) is 4.74 Å². The van der Waals surface area contributed by atoms with Gasteiger partial charge in [0.05, 0.1) is 13.2 Å². The number of urea groups is 1. The zero-order chi connectivity index (χ0) is 11.5. The van der Waals surface area contributed by atoms with Crippen LogP contribution in [-0.4, -0.2) is 65.7 Å². The Labute approximate surface area is 101 Å². The molecule has 0 aromatic carbocycles. The zero-order valence-corrected chi connectivity index (χ0v) is 10.8. The Morgan fingerprint density at radius 1 is 1.12 bits per heavy atom. The van der Waals surface area contributed by atoms with Crippen molar-refractivity contribution < 1.29 is 9.53 Å². The van der Waals surface area contributed by atoms with E-state index in [0.717, 1.165) is 26.2 Å². The van der Waals surface area contributed by atoms with E-state index in [1.54, 1.807) is 0 Å². The summed E-state index contributed by atoms with van der Waals surface area (Å²) in [5, 5.41) is 1.10. The summed E-state index contributed by atoms with van der Waals surface area (Å²) < 4.78 is 5.26. The van der Waals surface area contributed by atoms with Gasteiger partial charge in [-0.05, 0) is 0 Å². The first-order chi connectivity index (χ1) is 7.66. The average molecular weight is 244 g/mol. The molecule has 2 rings (SSSR count). The number of rotatable bonds is 0. The second kappa shape index (κ2) is 5.27. The second-order valence-corrected chi connectivity index (χ2v) is 6.43. The normalized spacial score (nSPS) is 31.6. The summed E-state index contributed by atoms with van der Waals surface area (Å²) in [5.41, 5.74) is 0. The molecule has 0 bridgehead atoms. The van der Waals surface area contributed by atoms with Gasteiger partial charge in [0.1, 0.15) is 0 Å². The number of morpholine rings is 1. The molecule has 2 atom stereocenters. The number of hydrogen-bond acceptors (Lipinski definition) is 3. The third-order valence-electron chi connectivity index (χ3n) is 2.97. The number of hydrogen-bond donors (Lipinski definition) is 0. The summed E-state index contributed by atoms with van der Waals surface area (Å²) in [6, 6.07) is 0.197. The van der Waals surface area contributed by atoms with Gasteiger partial charge >= 0.3 is 6.03 Å². The van der Waals surface area contributed by atoms with Gasteiger partial charge in [-0.1, -0.05) is 13.8 Å². The van der Waals surface area contributed by atoms with Crippen LogP contribution in [0.4, 0.5) is 4.79 Å². The van der Waals surface area contributed by atoms with Gasteiger partial charge in [0, 0.05) is 36.7 Å². The van der Waals surface area contributed by atoms with Crippen LogP contribution >= 0.6 is 11.8 Å². The van der Waals surface area contributed by atoms with Crippen LogP contribution in [0.3, 0.4) is 0 Å². The standard InChI is InChI=1S/C11H20N2O2S/c1-9-7-13(8-10(2)16-9)11(14)12-3-5-15-6-4-12/h9-10H,3-8H2,1-2H3. The largest absolute Gasteiger partial charge is 0.378 e. The smallest absolute Gasteiger partial charge is 0.320 e. The van der Waals surface area contributed by atoms with E-state index < -0.39 is 0 Å². The van der Waals surface area contributed by atoms with Crippen molar-refractivity contribution in [1.29, 1.82) is 0 Å². The lowest BCUT2D eigenvalue weighted by Gasteiger charge is -2.38. The van der Waals surface area contributed by atoms with E-state index in [1.165, 1.54) is 0 Å². The monoisotopic (exact) mass is 244 g/mol. The third kappa shape index (κ3) is 2.83. The Balaban J connectivity index is 1.92. The molecule has 2 unspecified atom stereocenters. The highest BCUT2D eigenvalue weighted by Gasteiger charge is 2.29. The predicted octanol–water partition coefficient (Wildman–Crippen LogP) is 1.26. The van der Waals surface area contributed by atoms with E-state index in [4.69, 9.17) is 4.74 Å².